The fourth-order valence-corrected chi connectivity index (χ4v) is 2.06. The maximum atomic E-state index is 11.4. The summed E-state index contributed by atoms with van der Waals surface area (Å²) in [5.41, 5.74) is -0.180. The normalized spacial score (nSPS) is 23.9. The lowest BCUT2D eigenvalue weighted by Gasteiger charge is -2.29. The Hall–Kier alpha value is -1.58. The van der Waals surface area contributed by atoms with Gasteiger partial charge in [0.1, 0.15) is 0 Å². The minimum atomic E-state index is -1.04. The van der Waals surface area contributed by atoms with Gasteiger partial charge in [-0.05, 0) is 25.3 Å². The van der Waals surface area contributed by atoms with Gasteiger partial charge in [0.05, 0.1) is 5.41 Å². The molecule has 0 aromatic rings. The molecule has 0 aliphatic heterocycles. The number of hydrogen-bond donors (Lipinski definition) is 2. The van der Waals surface area contributed by atoms with Gasteiger partial charge in [-0.25, -0.2) is 4.79 Å². The summed E-state index contributed by atoms with van der Waals surface area (Å²) < 4.78 is 0. The molecule has 0 saturated carbocycles. The largest absolute Gasteiger partial charge is 0.481 e. The molecule has 1 aliphatic carbocycles. The second-order valence-electron chi connectivity index (χ2n) is 4.54. The zero-order valence-electron chi connectivity index (χ0n) is 10.2. The Morgan fingerprint density at radius 1 is 1.41 bits per heavy atom. The number of carbonyl (C=O) groups is 2. The maximum Gasteiger partial charge on any atom is 0.331 e. The average molecular weight is 238 g/mol. The summed E-state index contributed by atoms with van der Waals surface area (Å²) in [5, 5.41) is 18.4. The quantitative estimate of drug-likeness (QED) is 0.772. The second kappa shape index (κ2) is 5.17. The van der Waals surface area contributed by atoms with E-state index < -0.39 is 17.4 Å². The van der Waals surface area contributed by atoms with Gasteiger partial charge in [0, 0.05) is 5.57 Å². The van der Waals surface area contributed by atoms with E-state index in [2.05, 4.69) is 0 Å². The molecule has 0 bridgehead atoms. The van der Waals surface area contributed by atoms with E-state index in [0.29, 0.717) is 12.0 Å². The molecule has 0 radical (unpaired) electrons. The number of allylic oxidation sites excluding steroid dienone is 2. The van der Waals surface area contributed by atoms with E-state index in [9.17, 15) is 14.7 Å². The van der Waals surface area contributed by atoms with Crippen LogP contribution in [-0.4, -0.2) is 22.2 Å². The van der Waals surface area contributed by atoms with Gasteiger partial charge in [-0.2, -0.15) is 0 Å². The minimum absolute atomic E-state index is 0.0833. The standard InChI is InChI=1S/C13H18O4/c1-3-4-6-13(12(16)17)7-5-9(2)10(8-13)11(14)15/h5,7H,3-4,6,8H2,1-2H3,(H,14,15)(H,16,17). The highest BCUT2D eigenvalue weighted by Crippen LogP contribution is 2.39. The van der Waals surface area contributed by atoms with Crippen LogP contribution in [0.5, 0.6) is 0 Å². The van der Waals surface area contributed by atoms with Crippen molar-refractivity contribution in [2.75, 3.05) is 0 Å². The monoisotopic (exact) mass is 238 g/mol. The molecule has 0 heterocycles. The molecular formula is C13H18O4. The third-order valence-corrected chi connectivity index (χ3v) is 3.28. The third-order valence-electron chi connectivity index (χ3n) is 3.28. The first-order chi connectivity index (χ1) is 7.93. The number of rotatable bonds is 5. The predicted octanol–water partition coefficient (Wildman–Crippen LogP) is 2.61. The van der Waals surface area contributed by atoms with E-state index in [1.54, 1.807) is 19.1 Å². The summed E-state index contributed by atoms with van der Waals surface area (Å²) in [7, 11) is 0. The molecule has 1 unspecified atom stereocenters. The number of unbranched alkanes of at least 4 members (excludes halogenated alkanes) is 1. The van der Waals surface area contributed by atoms with Gasteiger partial charge in [-0.15, -0.1) is 0 Å². The Morgan fingerprint density at radius 2 is 2.06 bits per heavy atom. The van der Waals surface area contributed by atoms with Crippen molar-refractivity contribution in [3.8, 4) is 0 Å². The molecule has 0 aromatic carbocycles. The lowest BCUT2D eigenvalue weighted by atomic mass is 9.73. The number of hydrogen-bond acceptors (Lipinski definition) is 2. The van der Waals surface area contributed by atoms with Crippen molar-refractivity contribution >= 4 is 11.9 Å². The predicted molar refractivity (Wildman–Crippen MR) is 63.7 cm³/mol. The highest BCUT2D eigenvalue weighted by Gasteiger charge is 2.39. The minimum Gasteiger partial charge on any atom is -0.481 e. The van der Waals surface area contributed by atoms with Crippen LogP contribution in [0.25, 0.3) is 0 Å². The SMILES string of the molecule is CCCCC1(C(=O)O)C=CC(C)=C(C(=O)O)C1. The Morgan fingerprint density at radius 3 is 2.53 bits per heavy atom. The van der Waals surface area contributed by atoms with Crippen molar-refractivity contribution in [1.29, 1.82) is 0 Å². The van der Waals surface area contributed by atoms with Crippen LogP contribution in [0.4, 0.5) is 0 Å². The summed E-state index contributed by atoms with van der Waals surface area (Å²) in [4.78, 5) is 22.5. The van der Waals surface area contributed by atoms with E-state index in [0.717, 1.165) is 12.8 Å². The molecule has 2 N–H and O–H groups in total. The van der Waals surface area contributed by atoms with Crippen LogP contribution in [0.3, 0.4) is 0 Å². The van der Waals surface area contributed by atoms with Crippen LogP contribution in [0.1, 0.15) is 39.5 Å². The first-order valence-electron chi connectivity index (χ1n) is 5.78. The van der Waals surface area contributed by atoms with Gasteiger partial charge in [-0.3, -0.25) is 4.79 Å². The molecule has 0 spiro atoms. The highest BCUT2D eigenvalue weighted by molar-refractivity contribution is 5.91. The fourth-order valence-electron chi connectivity index (χ4n) is 2.06. The molecule has 94 valence electrons. The molecule has 4 heteroatoms. The topological polar surface area (TPSA) is 74.6 Å². The van der Waals surface area contributed by atoms with E-state index in [4.69, 9.17) is 5.11 Å². The molecule has 0 fully saturated rings. The van der Waals surface area contributed by atoms with Gasteiger partial charge >= 0.3 is 11.9 Å². The molecule has 1 rings (SSSR count). The molecule has 0 amide bonds. The first-order valence-corrected chi connectivity index (χ1v) is 5.78. The van der Waals surface area contributed by atoms with Crippen molar-refractivity contribution in [3.63, 3.8) is 0 Å². The fraction of sp³-hybridized carbons (Fsp3) is 0.538. The van der Waals surface area contributed by atoms with Gasteiger partial charge in [0.25, 0.3) is 0 Å². The van der Waals surface area contributed by atoms with Crippen LogP contribution >= 0.6 is 0 Å². The van der Waals surface area contributed by atoms with Crippen molar-refractivity contribution in [1.82, 2.24) is 0 Å². The zero-order valence-corrected chi connectivity index (χ0v) is 10.2. The number of carboxylic acid groups (broad SMARTS) is 2. The number of aliphatic carboxylic acids is 2. The molecule has 1 aliphatic rings. The van der Waals surface area contributed by atoms with E-state index in [1.807, 2.05) is 6.92 Å². The zero-order chi connectivity index (χ0) is 13.1. The molecular weight excluding hydrogens is 220 g/mol. The van der Waals surface area contributed by atoms with Crippen LogP contribution in [-0.2, 0) is 9.59 Å². The third kappa shape index (κ3) is 2.75. The van der Waals surface area contributed by atoms with Gasteiger partial charge in [0.2, 0.25) is 0 Å². The lowest BCUT2D eigenvalue weighted by Crippen LogP contribution is -2.32. The van der Waals surface area contributed by atoms with Crippen LogP contribution in [0, 0.1) is 5.41 Å². The van der Waals surface area contributed by atoms with E-state index >= 15 is 0 Å². The summed E-state index contributed by atoms with van der Waals surface area (Å²) in [6.07, 6.45) is 5.51. The Balaban J connectivity index is 3.03. The van der Waals surface area contributed by atoms with Crippen LogP contribution in [0.15, 0.2) is 23.3 Å². The molecule has 4 nitrogen and oxygen atoms in total. The molecule has 0 aromatic heterocycles. The Kier molecular flexibility index (Phi) is 4.10. The van der Waals surface area contributed by atoms with E-state index in [1.165, 1.54) is 0 Å². The van der Waals surface area contributed by atoms with Crippen LogP contribution < -0.4 is 0 Å². The number of carboxylic acids is 2. The van der Waals surface area contributed by atoms with Crippen molar-refractivity contribution in [3.05, 3.63) is 23.3 Å². The van der Waals surface area contributed by atoms with Gasteiger partial charge in [-0.1, -0.05) is 31.9 Å². The van der Waals surface area contributed by atoms with Gasteiger partial charge in [0.15, 0.2) is 0 Å². The molecule has 1 atom stereocenters. The smallest absolute Gasteiger partial charge is 0.331 e. The van der Waals surface area contributed by atoms with E-state index in [-0.39, 0.29) is 12.0 Å². The first kappa shape index (κ1) is 13.5. The Labute approximate surface area is 101 Å². The Bertz CT molecular complexity index is 392. The van der Waals surface area contributed by atoms with Gasteiger partial charge < -0.3 is 10.2 Å². The average Bonchev–Trinajstić information content (AvgIpc) is 2.27. The summed E-state index contributed by atoms with van der Waals surface area (Å²) in [6.45, 7) is 3.69. The maximum absolute atomic E-state index is 11.4. The van der Waals surface area contributed by atoms with Crippen molar-refractivity contribution < 1.29 is 19.8 Å². The van der Waals surface area contributed by atoms with Crippen molar-refractivity contribution in [2.45, 2.75) is 39.5 Å². The lowest BCUT2D eigenvalue weighted by molar-refractivity contribution is -0.146. The summed E-state index contributed by atoms with van der Waals surface area (Å²) >= 11 is 0. The van der Waals surface area contributed by atoms with Crippen LogP contribution in [0.2, 0.25) is 0 Å². The highest BCUT2D eigenvalue weighted by atomic mass is 16.4. The molecule has 0 saturated heterocycles. The summed E-state index contributed by atoms with van der Waals surface area (Å²) in [5.74, 6) is -1.96. The summed E-state index contributed by atoms with van der Waals surface area (Å²) in [6, 6.07) is 0. The molecule has 17 heavy (non-hydrogen) atoms. The second-order valence-corrected chi connectivity index (χ2v) is 4.54. The van der Waals surface area contributed by atoms with Crippen molar-refractivity contribution in [2.24, 2.45) is 5.41 Å².